The molecule has 1 unspecified atom stereocenters. The van der Waals surface area contributed by atoms with Crippen LogP contribution >= 0.6 is 15.9 Å². The molecule has 0 amide bonds. The Bertz CT molecular complexity index is 450. The predicted molar refractivity (Wildman–Crippen MR) is 129 cm³/mol. The molecule has 0 saturated heterocycles. The minimum Gasteiger partial charge on any atom is -0.298 e. The van der Waals surface area contributed by atoms with Crippen molar-refractivity contribution in [1.82, 2.24) is 0 Å². The summed E-state index contributed by atoms with van der Waals surface area (Å²) in [7, 11) is 0. The molecule has 0 aromatic heterocycles. The van der Waals surface area contributed by atoms with Crippen molar-refractivity contribution in [3.63, 3.8) is 0 Å². The fourth-order valence-corrected chi connectivity index (χ4v) is 8.06. The molecule has 0 N–H and O–H groups in total. The van der Waals surface area contributed by atoms with Gasteiger partial charge < -0.3 is 0 Å². The summed E-state index contributed by atoms with van der Waals surface area (Å²) in [6.45, 7) is 2.29. The summed E-state index contributed by atoms with van der Waals surface area (Å²) in [6.07, 6.45) is 27.1. The average Bonchev–Trinajstić information content (AvgIpc) is 2.69. The monoisotopic (exact) mass is 466 g/mol. The Morgan fingerprint density at radius 1 is 0.724 bits per heavy atom. The molecule has 4 saturated carbocycles. The molecule has 0 heterocycles. The number of rotatable bonds is 16. The maximum atomic E-state index is 12.9. The summed E-state index contributed by atoms with van der Waals surface area (Å²) in [4.78, 5) is 13.1. The number of ketones is 1. The van der Waals surface area contributed by atoms with Gasteiger partial charge in [-0.3, -0.25) is 4.79 Å². The number of hydrogen-bond acceptors (Lipinski definition) is 1. The van der Waals surface area contributed by atoms with Gasteiger partial charge in [-0.25, -0.2) is 0 Å². The summed E-state index contributed by atoms with van der Waals surface area (Å²) in [5.74, 6) is 3.33. The Kier molecular flexibility index (Phi) is 10.1. The molecular formula is C27H47BrO. The fraction of sp³-hybridized carbons (Fsp3) is 0.963. The first-order valence-corrected chi connectivity index (χ1v) is 14.2. The van der Waals surface area contributed by atoms with Gasteiger partial charge >= 0.3 is 0 Å². The third kappa shape index (κ3) is 7.08. The molecule has 0 aromatic carbocycles. The van der Waals surface area contributed by atoms with Crippen molar-refractivity contribution in [2.24, 2.45) is 23.2 Å². The Hall–Kier alpha value is 0.150. The Labute approximate surface area is 189 Å². The van der Waals surface area contributed by atoms with Crippen LogP contribution in [0, 0.1) is 23.2 Å². The van der Waals surface area contributed by atoms with E-state index in [1.54, 1.807) is 0 Å². The second kappa shape index (κ2) is 12.3. The SMILES string of the molecule is CCCCCCCCCCCCCCCC(=O)C(Br)C12CC3CC(CC(C3)C1)C2. The highest BCUT2D eigenvalue weighted by Crippen LogP contribution is 2.62. The van der Waals surface area contributed by atoms with Crippen molar-refractivity contribution in [3.05, 3.63) is 0 Å². The normalized spacial score (nSPS) is 31.3. The van der Waals surface area contributed by atoms with Gasteiger partial charge in [0.2, 0.25) is 0 Å². The van der Waals surface area contributed by atoms with Crippen molar-refractivity contribution in [3.8, 4) is 0 Å². The summed E-state index contributed by atoms with van der Waals surface area (Å²) < 4.78 is 0. The van der Waals surface area contributed by atoms with E-state index < -0.39 is 0 Å². The quantitative estimate of drug-likeness (QED) is 0.163. The highest BCUT2D eigenvalue weighted by Gasteiger charge is 2.54. The third-order valence-corrected chi connectivity index (χ3v) is 9.91. The van der Waals surface area contributed by atoms with Gasteiger partial charge in [-0.2, -0.15) is 0 Å². The molecule has 1 atom stereocenters. The molecule has 1 nitrogen and oxygen atoms in total. The van der Waals surface area contributed by atoms with Gasteiger partial charge in [0.05, 0.1) is 4.83 Å². The van der Waals surface area contributed by atoms with Crippen molar-refractivity contribution in [1.29, 1.82) is 0 Å². The summed E-state index contributed by atoms with van der Waals surface area (Å²) in [5.41, 5.74) is 0.336. The van der Waals surface area contributed by atoms with Crippen molar-refractivity contribution < 1.29 is 4.79 Å². The number of carbonyl (C=O) groups is 1. The minimum absolute atomic E-state index is 0.153. The van der Waals surface area contributed by atoms with E-state index in [-0.39, 0.29) is 4.83 Å². The number of carbonyl (C=O) groups excluding carboxylic acids is 1. The second-order valence-electron chi connectivity index (χ2n) is 11.1. The summed E-state index contributed by atoms with van der Waals surface area (Å²) >= 11 is 3.92. The number of hydrogen-bond donors (Lipinski definition) is 0. The van der Waals surface area contributed by atoms with E-state index in [0.29, 0.717) is 11.2 Å². The molecule has 4 aliphatic carbocycles. The smallest absolute Gasteiger partial charge is 0.147 e. The first-order valence-electron chi connectivity index (χ1n) is 13.3. The lowest BCUT2D eigenvalue weighted by molar-refractivity contribution is -0.125. The van der Waals surface area contributed by atoms with Gasteiger partial charge in [0.25, 0.3) is 0 Å². The number of Topliss-reactive ketones (excluding diaryl/α,β-unsaturated/α-hetero) is 1. The highest BCUT2D eigenvalue weighted by molar-refractivity contribution is 9.10. The molecule has 29 heavy (non-hydrogen) atoms. The average molecular weight is 468 g/mol. The zero-order valence-corrected chi connectivity index (χ0v) is 20.8. The lowest BCUT2D eigenvalue weighted by atomic mass is 9.48. The van der Waals surface area contributed by atoms with E-state index in [9.17, 15) is 4.79 Å². The predicted octanol–water partition coefficient (Wildman–Crippen LogP) is 9.02. The highest BCUT2D eigenvalue weighted by atomic mass is 79.9. The number of unbranched alkanes of at least 4 members (excludes halogenated alkanes) is 12. The second-order valence-corrected chi connectivity index (χ2v) is 12.0. The Balaban J connectivity index is 1.19. The van der Waals surface area contributed by atoms with Gasteiger partial charge in [-0.15, -0.1) is 0 Å². The van der Waals surface area contributed by atoms with Crippen LogP contribution in [0.1, 0.15) is 135 Å². The van der Waals surface area contributed by atoms with Crippen molar-refractivity contribution >= 4 is 21.7 Å². The zero-order chi connectivity index (χ0) is 20.5. The van der Waals surface area contributed by atoms with Crippen molar-refractivity contribution in [2.45, 2.75) is 140 Å². The maximum Gasteiger partial charge on any atom is 0.147 e. The molecule has 0 aliphatic heterocycles. The van der Waals surface area contributed by atoms with Crippen LogP contribution in [0.4, 0.5) is 0 Å². The van der Waals surface area contributed by atoms with Crippen LogP contribution in [0.3, 0.4) is 0 Å². The lowest BCUT2D eigenvalue weighted by Crippen LogP contribution is -2.52. The maximum absolute atomic E-state index is 12.9. The molecule has 0 spiro atoms. The molecular weight excluding hydrogens is 420 g/mol. The van der Waals surface area contributed by atoms with Gasteiger partial charge in [-0.05, 0) is 68.1 Å². The zero-order valence-electron chi connectivity index (χ0n) is 19.2. The molecule has 0 radical (unpaired) electrons. The van der Waals surface area contributed by atoms with Gasteiger partial charge in [0, 0.05) is 6.42 Å². The first-order chi connectivity index (χ1) is 14.1. The van der Waals surface area contributed by atoms with Gasteiger partial charge in [0.15, 0.2) is 0 Å². The van der Waals surface area contributed by atoms with Crippen LogP contribution in [0.5, 0.6) is 0 Å². The van der Waals surface area contributed by atoms with Crippen LogP contribution in [0.25, 0.3) is 0 Å². The molecule has 2 heteroatoms. The standard InChI is InChI=1S/C27H47BrO/c1-2-3-4-5-6-7-8-9-10-11-12-13-14-15-25(29)26(28)27-19-22-16-23(20-27)18-24(17-22)21-27/h22-24,26H,2-21H2,1H3. The van der Waals surface area contributed by atoms with E-state index in [4.69, 9.17) is 0 Å². The van der Waals surface area contributed by atoms with E-state index in [2.05, 4.69) is 22.9 Å². The fourth-order valence-electron chi connectivity index (χ4n) is 7.27. The number of alkyl halides is 1. The van der Waals surface area contributed by atoms with Crippen LogP contribution in [-0.2, 0) is 4.79 Å². The van der Waals surface area contributed by atoms with E-state index in [1.165, 1.54) is 116 Å². The van der Waals surface area contributed by atoms with Gasteiger partial charge in [0.1, 0.15) is 5.78 Å². The van der Waals surface area contributed by atoms with Crippen LogP contribution < -0.4 is 0 Å². The molecule has 4 aliphatic rings. The van der Waals surface area contributed by atoms with Gasteiger partial charge in [-0.1, -0.05) is 99.9 Å². The van der Waals surface area contributed by atoms with Crippen LogP contribution in [0.15, 0.2) is 0 Å². The van der Waals surface area contributed by atoms with Crippen molar-refractivity contribution in [2.75, 3.05) is 0 Å². The molecule has 168 valence electrons. The first kappa shape index (κ1) is 23.8. The minimum atomic E-state index is 0.153. The summed E-state index contributed by atoms with van der Waals surface area (Å²) in [6, 6.07) is 0. The molecule has 4 fully saturated rings. The molecule has 0 aromatic rings. The molecule has 4 bridgehead atoms. The topological polar surface area (TPSA) is 17.1 Å². The van der Waals surface area contributed by atoms with Crippen LogP contribution in [-0.4, -0.2) is 10.6 Å². The Morgan fingerprint density at radius 2 is 1.10 bits per heavy atom. The third-order valence-electron chi connectivity index (χ3n) is 8.43. The van der Waals surface area contributed by atoms with E-state index >= 15 is 0 Å². The van der Waals surface area contributed by atoms with E-state index in [0.717, 1.165) is 30.6 Å². The van der Waals surface area contributed by atoms with E-state index in [1.807, 2.05) is 0 Å². The molecule has 4 rings (SSSR count). The van der Waals surface area contributed by atoms with Crippen LogP contribution in [0.2, 0.25) is 0 Å². The number of halogens is 1. The summed E-state index contributed by atoms with van der Waals surface area (Å²) in [5, 5.41) is 0. The Morgan fingerprint density at radius 3 is 1.52 bits per heavy atom. The largest absolute Gasteiger partial charge is 0.298 e. The lowest BCUT2D eigenvalue weighted by Gasteiger charge is -2.58.